The van der Waals surface area contributed by atoms with Crippen molar-refractivity contribution in [3.8, 4) is 0 Å². The molecule has 0 aromatic heterocycles. The second-order valence-corrected chi connectivity index (χ2v) is 6.16. The maximum Gasteiger partial charge on any atom is 0.0314 e. The van der Waals surface area contributed by atoms with Crippen LogP contribution in [0.1, 0.15) is 29.2 Å². The van der Waals surface area contributed by atoms with Crippen LogP contribution < -0.4 is 11.5 Å². The Morgan fingerprint density at radius 2 is 0.800 bits per heavy atom. The number of benzene rings is 3. The fourth-order valence-corrected chi connectivity index (χ4v) is 1.96. The van der Waals surface area contributed by atoms with E-state index in [4.69, 9.17) is 11.5 Å². The summed E-state index contributed by atoms with van der Waals surface area (Å²) in [6.07, 6.45) is 1.14. The third-order valence-corrected chi connectivity index (χ3v) is 3.68. The van der Waals surface area contributed by atoms with Crippen LogP contribution in [0.4, 0.5) is 11.4 Å². The van der Waals surface area contributed by atoms with Gasteiger partial charge < -0.3 is 11.5 Å². The highest BCUT2D eigenvalue weighted by atomic mass is 14.5. The van der Waals surface area contributed by atoms with E-state index in [1.54, 1.807) is 0 Å². The highest BCUT2D eigenvalue weighted by molar-refractivity contribution is 5.39. The lowest BCUT2D eigenvalue weighted by Crippen LogP contribution is -1.81. The van der Waals surface area contributed by atoms with Crippen molar-refractivity contribution in [1.82, 2.24) is 0 Å². The second-order valence-electron chi connectivity index (χ2n) is 6.16. The van der Waals surface area contributed by atoms with Gasteiger partial charge in [-0.1, -0.05) is 72.1 Å². The summed E-state index contributed by atoms with van der Waals surface area (Å²) in [5.74, 6) is 0. The first-order valence-corrected chi connectivity index (χ1v) is 8.60. The second kappa shape index (κ2) is 10.9. The Kier molecular flexibility index (Phi) is 8.87. The van der Waals surface area contributed by atoms with Crippen LogP contribution in [0.5, 0.6) is 0 Å². The SMILES string of the molecule is CCc1ccc(C)cc1.Cc1ccc(N)cc1.Cc1ccc(N)cc1. The van der Waals surface area contributed by atoms with Crippen molar-refractivity contribution in [3.05, 3.63) is 95.1 Å². The average molecular weight is 335 g/mol. The van der Waals surface area contributed by atoms with Crippen LogP contribution in [0.3, 0.4) is 0 Å². The molecular weight excluding hydrogens is 304 g/mol. The van der Waals surface area contributed by atoms with Crippen LogP contribution in [-0.2, 0) is 6.42 Å². The van der Waals surface area contributed by atoms with Crippen molar-refractivity contribution < 1.29 is 0 Å². The van der Waals surface area contributed by atoms with Crippen molar-refractivity contribution >= 4 is 11.4 Å². The molecule has 0 radical (unpaired) electrons. The third-order valence-electron chi connectivity index (χ3n) is 3.68. The van der Waals surface area contributed by atoms with Crippen LogP contribution >= 0.6 is 0 Å². The Balaban J connectivity index is 0.000000188. The first kappa shape index (κ1) is 20.3. The Bertz CT molecular complexity index is 626. The molecule has 0 unspecified atom stereocenters. The predicted octanol–water partition coefficient (Wildman–Crippen LogP) is 5.71. The maximum atomic E-state index is 5.43. The van der Waals surface area contributed by atoms with E-state index in [2.05, 4.69) is 38.1 Å². The number of nitrogens with two attached hydrogens (primary N) is 2. The molecule has 0 saturated heterocycles. The summed E-state index contributed by atoms with van der Waals surface area (Å²) in [5, 5.41) is 0. The molecule has 0 saturated carbocycles. The molecule has 0 amide bonds. The van der Waals surface area contributed by atoms with Gasteiger partial charge in [0.1, 0.15) is 0 Å². The zero-order valence-corrected chi connectivity index (χ0v) is 15.8. The number of nitrogen functional groups attached to an aromatic ring is 2. The Morgan fingerprint density at radius 1 is 0.520 bits per heavy atom. The largest absolute Gasteiger partial charge is 0.399 e. The summed E-state index contributed by atoms with van der Waals surface area (Å²) in [5.41, 5.74) is 17.8. The van der Waals surface area contributed by atoms with Crippen LogP contribution in [0.15, 0.2) is 72.8 Å². The van der Waals surface area contributed by atoms with Gasteiger partial charge in [-0.3, -0.25) is 0 Å². The standard InChI is InChI=1S/C9H12.2C7H9N/c1-3-9-6-4-8(2)5-7-9;2*1-6-2-4-7(8)5-3-6/h4-7H,3H2,1-2H3;2*2-5H,8H2,1H3. The van der Waals surface area contributed by atoms with Gasteiger partial charge >= 0.3 is 0 Å². The molecule has 0 heterocycles. The lowest BCUT2D eigenvalue weighted by Gasteiger charge is -1.94. The number of hydrogen-bond acceptors (Lipinski definition) is 2. The summed E-state index contributed by atoms with van der Waals surface area (Å²) < 4.78 is 0. The first-order chi connectivity index (χ1) is 11.9. The van der Waals surface area contributed by atoms with Crippen molar-refractivity contribution in [3.63, 3.8) is 0 Å². The molecule has 3 aromatic rings. The Labute approximate surface area is 152 Å². The van der Waals surface area contributed by atoms with Crippen molar-refractivity contribution in [2.75, 3.05) is 11.5 Å². The van der Waals surface area contributed by atoms with E-state index in [1.165, 1.54) is 22.3 Å². The molecule has 132 valence electrons. The van der Waals surface area contributed by atoms with Gasteiger partial charge in [0.05, 0.1) is 0 Å². The quantitative estimate of drug-likeness (QED) is 0.560. The molecule has 0 aliphatic rings. The van der Waals surface area contributed by atoms with E-state index in [9.17, 15) is 0 Å². The molecule has 0 bridgehead atoms. The van der Waals surface area contributed by atoms with Gasteiger partial charge in [0.2, 0.25) is 0 Å². The topological polar surface area (TPSA) is 52.0 Å². The van der Waals surface area contributed by atoms with Gasteiger partial charge in [-0.2, -0.15) is 0 Å². The summed E-state index contributed by atoms with van der Waals surface area (Å²) in [6.45, 7) is 8.36. The average Bonchev–Trinajstić information content (AvgIpc) is 2.62. The summed E-state index contributed by atoms with van der Waals surface area (Å²) >= 11 is 0. The van der Waals surface area contributed by atoms with Gasteiger partial charge in [0, 0.05) is 11.4 Å². The van der Waals surface area contributed by atoms with Gasteiger partial charge in [0.25, 0.3) is 0 Å². The van der Waals surface area contributed by atoms with E-state index in [-0.39, 0.29) is 0 Å². The maximum absolute atomic E-state index is 5.43. The molecule has 0 fully saturated rings. The molecule has 2 heteroatoms. The highest BCUT2D eigenvalue weighted by Crippen LogP contribution is 2.03. The van der Waals surface area contributed by atoms with Crippen LogP contribution in [0, 0.1) is 20.8 Å². The molecule has 0 spiro atoms. The van der Waals surface area contributed by atoms with Crippen molar-refractivity contribution in [1.29, 1.82) is 0 Å². The zero-order valence-electron chi connectivity index (χ0n) is 15.8. The summed E-state index contributed by atoms with van der Waals surface area (Å²) in [7, 11) is 0. The number of hydrogen-bond donors (Lipinski definition) is 2. The fraction of sp³-hybridized carbons (Fsp3) is 0.217. The lowest BCUT2D eigenvalue weighted by molar-refractivity contribution is 1.14. The summed E-state index contributed by atoms with van der Waals surface area (Å²) in [6, 6.07) is 24.2. The van der Waals surface area contributed by atoms with Crippen LogP contribution in [-0.4, -0.2) is 0 Å². The number of aryl methyl sites for hydroxylation is 4. The van der Waals surface area contributed by atoms with E-state index >= 15 is 0 Å². The fourth-order valence-electron chi connectivity index (χ4n) is 1.96. The predicted molar refractivity (Wildman–Crippen MR) is 112 cm³/mol. The van der Waals surface area contributed by atoms with E-state index in [0.29, 0.717) is 0 Å². The van der Waals surface area contributed by atoms with Crippen molar-refractivity contribution in [2.45, 2.75) is 34.1 Å². The first-order valence-electron chi connectivity index (χ1n) is 8.60. The van der Waals surface area contributed by atoms with E-state index in [0.717, 1.165) is 17.8 Å². The van der Waals surface area contributed by atoms with Gasteiger partial charge in [0.15, 0.2) is 0 Å². The molecule has 3 aromatic carbocycles. The summed E-state index contributed by atoms with van der Waals surface area (Å²) in [4.78, 5) is 0. The minimum Gasteiger partial charge on any atom is -0.399 e. The highest BCUT2D eigenvalue weighted by Gasteiger charge is 1.85. The third kappa shape index (κ3) is 9.21. The molecule has 3 rings (SSSR count). The molecule has 0 aliphatic heterocycles. The van der Waals surface area contributed by atoms with Gasteiger partial charge in [-0.05, 0) is 57.0 Å². The molecule has 4 N–H and O–H groups in total. The van der Waals surface area contributed by atoms with E-state index in [1.807, 2.05) is 62.4 Å². The van der Waals surface area contributed by atoms with Crippen molar-refractivity contribution in [2.24, 2.45) is 0 Å². The van der Waals surface area contributed by atoms with E-state index < -0.39 is 0 Å². The normalized spacial score (nSPS) is 9.28. The molecule has 25 heavy (non-hydrogen) atoms. The molecule has 0 atom stereocenters. The smallest absolute Gasteiger partial charge is 0.0314 e. The molecule has 0 aliphatic carbocycles. The Hall–Kier alpha value is -2.74. The lowest BCUT2D eigenvalue weighted by atomic mass is 10.1. The van der Waals surface area contributed by atoms with Crippen LogP contribution in [0.2, 0.25) is 0 Å². The minimum absolute atomic E-state index is 0.829. The minimum atomic E-state index is 0.829. The molecular formula is C23H30N2. The van der Waals surface area contributed by atoms with Gasteiger partial charge in [-0.25, -0.2) is 0 Å². The van der Waals surface area contributed by atoms with Crippen LogP contribution in [0.25, 0.3) is 0 Å². The monoisotopic (exact) mass is 334 g/mol. The van der Waals surface area contributed by atoms with Gasteiger partial charge in [-0.15, -0.1) is 0 Å². The number of anilines is 2. The molecule has 2 nitrogen and oxygen atoms in total. The zero-order chi connectivity index (χ0) is 18.7. The Morgan fingerprint density at radius 3 is 1.04 bits per heavy atom. The number of rotatable bonds is 1.